The Bertz CT molecular complexity index is 1140. The molecule has 4 N–H and O–H groups in total. The first-order chi connectivity index (χ1) is 14.8. The van der Waals surface area contributed by atoms with E-state index in [1.807, 2.05) is 18.2 Å². The zero-order valence-corrected chi connectivity index (χ0v) is 16.6. The highest BCUT2D eigenvalue weighted by Crippen LogP contribution is 2.26. The molecule has 0 aliphatic carbocycles. The van der Waals surface area contributed by atoms with E-state index in [0.29, 0.717) is 17.1 Å². The Morgan fingerprint density at radius 2 is 1.77 bits per heavy atom. The summed E-state index contributed by atoms with van der Waals surface area (Å²) in [5.74, 6) is -0.448. The van der Waals surface area contributed by atoms with Crippen LogP contribution >= 0.6 is 0 Å². The summed E-state index contributed by atoms with van der Waals surface area (Å²) < 4.78 is 6.96. The molecule has 0 radical (unpaired) electrons. The highest BCUT2D eigenvalue weighted by atomic mass is 16.5. The van der Waals surface area contributed by atoms with Crippen molar-refractivity contribution in [2.45, 2.75) is 12.5 Å². The molecule has 0 bridgehead atoms. The van der Waals surface area contributed by atoms with Crippen molar-refractivity contribution in [3.8, 4) is 17.2 Å². The molecule has 1 aromatic heterocycles. The number of ether oxygens (including phenoxy) is 1. The third kappa shape index (κ3) is 5.63. The standard InChI is InChI=1S/C22H21N3O6/c1-25-11-10-18(26)20(21(25)29)24-22(30)23-17(13-19(27)28)14-6-5-9-16(12-14)31-15-7-3-2-4-8-15/h2-12,17,26H,13H2,1H3,(H,27,28)(H2,23,24,30). The third-order valence-electron chi connectivity index (χ3n) is 4.41. The molecule has 0 aliphatic heterocycles. The molecule has 1 atom stereocenters. The molecule has 31 heavy (non-hydrogen) atoms. The summed E-state index contributed by atoms with van der Waals surface area (Å²) in [5, 5.41) is 24.0. The predicted octanol–water partition coefficient (Wildman–Crippen LogP) is 3.22. The molecular formula is C22H21N3O6. The number of aromatic hydroxyl groups is 1. The number of urea groups is 1. The van der Waals surface area contributed by atoms with Crippen LogP contribution in [0, 0.1) is 0 Å². The van der Waals surface area contributed by atoms with Gasteiger partial charge in [0.05, 0.1) is 12.5 Å². The number of aliphatic carboxylic acids is 1. The molecule has 0 saturated heterocycles. The van der Waals surface area contributed by atoms with Gasteiger partial charge in [-0.15, -0.1) is 0 Å². The van der Waals surface area contributed by atoms with E-state index in [9.17, 15) is 24.6 Å². The lowest BCUT2D eigenvalue weighted by Gasteiger charge is -2.19. The summed E-state index contributed by atoms with van der Waals surface area (Å²) in [6, 6.07) is 15.2. The first kappa shape index (κ1) is 21.4. The smallest absolute Gasteiger partial charge is 0.319 e. The van der Waals surface area contributed by atoms with E-state index in [1.54, 1.807) is 36.4 Å². The number of aromatic nitrogens is 1. The van der Waals surface area contributed by atoms with Crippen molar-refractivity contribution in [3.63, 3.8) is 0 Å². The van der Waals surface area contributed by atoms with Gasteiger partial charge in [-0.1, -0.05) is 30.3 Å². The lowest BCUT2D eigenvalue weighted by molar-refractivity contribution is -0.137. The molecule has 0 spiro atoms. The first-order valence-electron chi connectivity index (χ1n) is 9.34. The summed E-state index contributed by atoms with van der Waals surface area (Å²) >= 11 is 0. The van der Waals surface area contributed by atoms with Gasteiger partial charge in [0.1, 0.15) is 17.2 Å². The van der Waals surface area contributed by atoms with Crippen molar-refractivity contribution in [2.75, 3.05) is 5.32 Å². The largest absolute Gasteiger partial charge is 0.505 e. The number of benzene rings is 2. The Kier molecular flexibility index (Phi) is 6.56. The number of amides is 2. The zero-order valence-electron chi connectivity index (χ0n) is 16.6. The second-order valence-corrected chi connectivity index (χ2v) is 6.73. The summed E-state index contributed by atoms with van der Waals surface area (Å²) in [4.78, 5) is 35.9. The number of hydrogen-bond donors (Lipinski definition) is 4. The van der Waals surface area contributed by atoms with Gasteiger partial charge in [0.2, 0.25) is 0 Å². The number of nitrogens with one attached hydrogen (secondary N) is 2. The maximum Gasteiger partial charge on any atom is 0.319 e. The normalized spacial score (nSPS) is 11.4. The fourth-order valence-corrected chi connectivity index (χ4v) is 2.89. The first-order valence-corrected chi connectivity index (χ1v) is 9.34. The van der Waals surface area contributed by atoms with Crippen molar-refractivity contribution in [3.05, 3.63) is 82.8 Å². The van der Waals surface area contributed by atoms with E-state index < -0.39 is 35.8 Å². The fourth-order valence-electron chi connectivity index (χ4n) is 2.89. The van der Waals surface area contributed by atoms with Gasteiger partial charge < -0.3 is 30.2 Å². The molecule has 0 fully saturated rings. The molecule has 0 saturated carbocycles. The van der Waals surface area contributed by atoms with Crippen LogP contribution < -0.4 is 20.9 Å². The number of anilines is 1. The van der Waals surface area contributed by atoms with E-state index in [0.717, 1.165) is 0 Å². The number of pyridine rings is 1. The lowest BCUT2D eigenvalue weighted by Crippen LogP contribution is -2.35. The van der Waals surface area contributed by atoms with Gasteiger partial charge >= 0.3 is 12.0 Å². The van der Waals surface area contributed by atoms with Gasteiger partial charge in [0.25, 0.3) is 5.56 Å². The van der Waals surface area contributed by atoms with E-state index >= 15 is 0 Å². The van der Waals surface area contributed by atoms with Crippen LogP contribution in [0.3, 0.4) is 0 Å². The van der Waals surface area contributed by atoms with Crippen LogP contribution in [0.25, 0.3) is 0 Å². The summed E-state index contributed by atoms with van der Waals surface area (Å²) in [6.07, 6.45) is 0.952. The van der Waals surface area contributed by atoms with Crippen LogP contribution in [0.4, 0.5) is 10.5 Å². The summed E-state index contributed by atoms with van der Waals surface area (Å²) in [7, 11) is 1.47. The zero-order chi connectivity index (χ0) is 22.4. The molecule has 9 heteroatoms. The van der Waals surface area contributed by atoms with Crippen LogP contribution in [0.1, 0.15) is 18.0 Å². The second-order valence-electron chi connectivity index (χ2n) is 6.73. The molecule has 0 aliphatic rings. The average molecular weight is 423 g/mol. The summed E-state index contributed by atoms with van der Waals surface area (Å²) in [6.45, 7) is 0. The number of para-hydroxylation sites is 1. The molecule has 2 aromatic carbocycles. The van der Waals surface area contributed by atoms with E-state index in [1.165, 1.54) is 23.9 Å². The minimum absolute atomic E-state index is 0.308. The van der Waals surface area contributed by atoms with E-state index in [2.05, 4.69) is 10.6 Å². The Morgan fingerprint density at radius 3 is 2.48 bits per heavy atom. The van der Waals surface area contributed by atoms with Gasteiger partial charge in [-0.05, 0) is 35.9 Å². The van der Waals surface area contributed by atoms with Gasteiger partial charge in [-0.3, -0.25) is 9.59 Å². The second kappa shape index (κ2) is 9.49. The average Bonchev–Trinajstić information content (AvgIpc) is 2.74. The SMILES string of the molecule is Cn1ccc(O)c(NC(=O)NC(CC(=O)O)c2cccc(Oc3ccccc3)c2)c1=O. The van der Waals surface area contributed by atoms with Gasteiger partial charge in [-0.25, -0.2) is 4.79 Å². The minimum atomic E-state index is -1.13. The molecule has 1 unspecified atom stereocenters. The maximum absolute atomic E-state index is 12.5. The Balaban J connectivity index is 1.80. The fraction of sp³-hybridized carbons (Fsp3) is 0.136. The maximum atomic E-state index is 12.5. The molecule has 2 amide bonds. The van der Waals surface area contributed by atoms with Crippen molar-refractivity contribution < 1.29 is 24.5 Å². The Hall–Kier alpha value is -4.27. The highest BCUT2D eigenvalue weighted by molar-refractivity contribution is 5.91. The lowest BCUT2D eigenvalue weighted by atomic mass is 10.0. The van der Waals surface area contributed by atoms with Gasteiger partial charge in [0.15, 0.2) is 5.69 Å². The molecule has 3 rings (SSSR count). The predicted molar refractivity (Wildman–Crippen MR) is 113 cm³/mol. The minimum Gasteiger partial charge on any atom is -0.505 e. The number of carboxylic acid groups (broad SMARTS) is 1. The Morgan fingerprint density at radius 1 is 1.06 bits per heavy atom. The number of aryl methyl sites for hydroxylation is 1. The van der Waals surface area contributed by atoms with E-state index in [-0.39, 0.29) is 5.69 Å². The van der Waals surface area contributed by atoms with Crippen molar-refractivity contribution in [2.24, 2.45) is 7.05 Å². The van der Waals surface area contributed by atoms with Gasteiger partial charge in [-0.2, -0.15) is 0 Å². The van der Waals surface area contributed by atoms with Crippen molar-refractivity contribution >= 4 is 17.7 Å². The summed E-state index contributed by atoms with van der Waals surface area (Å²) in [5.41, 5.74) is -0.419. The van der Waals surface area contributed by atoms with E-state index in [4.69, 9.17) is 4.74 Å². The quantitative estimate of drug-likeness (QED) is 0.462. The number of hydrogen-bond acceptors (Lipinski definition) is 5. The van der Waals surface area contributed by atoms with Gasteiger partial charge in [0, 0.05) is 13.2 Å². The number of carboxylic acids is 1. The van der Waals surface area contributed by atoms with Crippen LogP contribution in [0.5, 0.6) is 17.2 Å². The number of rotatable bonds is 7. The van der Waals surface area contributed by atoms with Crippen molar-refractivity contribution in [1.82, 2.24) is 9.88 Å². The van der Waals surface area contributed by atoms with Crippen LogP contribution in [0.2, 0.25) is 0 Å². The third-order valence-corrected chi connectivity index (χ3v) is 4.41. The molecule has 160 valence electrons. The monoisotopic (exact) mass is 423 g/mol. The highest BCUT2D eigenvalue weighted by Gasteiger charge is 2.20. The van der Waals surface area contributed by atoms with Crippen LogP contribution in [-0.4, -0.2) is 26.8 Å². The Labute approximate surface area is 177 Å². The number of carbonyl (C=O) groups excluding carboxylic acids is 1. The molecule has 9 nitrogen and oxygen atoms in total. The van der Waals surface area contributed by atoms with Crippen LogP contribution in [0.15, 0.2) is 71.7 Å². The van der Waals surface area contributed by atoms with Crippen molar-refractivity contribution in [1.29, 1.82) is 0 Å². The molecule has 1 heterocycles. The molecule has 3 aromatic rings. The topological polar surface area (TPSA) is 130 Å². The molecular weight excluding hydrogens is 402 g/mol. The number of nitrogens with zero attached hydrogens (tertiary/aromatic N) is 1. The van der Waals surface area contributed by atoms with Crippen LogP contribution in [-0.2, 0) is 11.8 Å². The number of carbonyl (C=O) groups is 2.